The molecule has 2 aromatic carbocycles. The molecule has 106 valence electrons. The summed E-state index contributed by atoms with van der Waals surface area (Å²) in [4.78, 5) is 0. The van der Waals surface area contributed by atoms with Crippen molar-refractivity contribution in [2.24, 2.45) is 5.73 Å². The summed E-state index contributed by atoms with van der Waals surface area (Å²) in [7, 11) is 0. The zero-order valence-corrected chi connectivity index (χ0v) is 13.7. The minimum atomic E-state index is 0.510. The first-order valence-corrected chi connectivity index (χ1v) is 7.69. The van der Waals surface area contributed by atoms with Crippen molar-refractivity contribution in [3.63, 3.8) is 0 Å². The Balaban J connectivity index is 2.08. The first-order chi connectivity index (χ1) is 9.63. The lowest BCUT2D eigenvalue weighted by Gasteiger charge is -2.10. The van der Waals surface area contributed by atoms with Gasteiger partial charge in [-0.05, 0) is 41.8 Å². The maximum atomic E-state index is 6.10. The Hall–Kier alpha value is -1.03. The van der Waals surface area contributed by atoms with Gasteiger partial charge in [-0.3, -0.25) is 0 Å². The average molecular weight is 355 g/mol. The SMILES string of the molecule is CCc1cc(OCc2ccc(CN)cc2Br)ccc1Cl. The van der Waals surface area contributed by atoms with Crippen LogP contribution in [0.2, 0.25) is 5.02 Å². The molecule has 0 fully saturated rings. The van der Waals surface area contributed by atoms with Crippen LogP contribution >= 0.6 is 27.5 Å². The van der Waals surface area contributed by atoms with Crippen LogP contribution in [0.3, 0.4) is 0 Å². The number of rotatable bonds is 5. The van der Waals surface area contributed by atoms with Crippen LogP contribution < -0.4 is 10.5 Å². The van der Waals surface area contributed by atoms with E-state index in [-0.39, 0.29) is 0 Å². The Morgan fingerprint density at radius 1 is 1.15 bits per heavy atom. The highest BCUT2D eigenvalue weighted by molar-refractivity contribution is 9.10. The largest absolute Gasteiger partial charge is 0.489 e. The maximum absolute atomic E-state index is 6.10. The molecule has 2 rings (SSSR count). The molecule has 0 saturated heterocycles. The fourth-order valence-electron chi connectivity index (χ4n) is 1.91. The van der Waals surface area contributed by atoms with Crippen molar-refractivity contribution in [2.45, 2.75) is 26.5 Å². The normalized spacial score (nSPS) is 10.6. The van der Waals surface area contributed by atoms with Crippen LogP contribution in [0.5, 0.6) is 5.75 Å². The topological polar surface area (TPSA) is 35.2 Å². The molecule has 0 atom stereocenters. The summed E-state index contributed by atoms with van der Waals surface area (Å²) in [5, 5.41) is 0.785. The van der Waals surface area contributed by atoms with E-state index in [2.05, 4.69) is 22.9 Å². The van der Waals surface area contributed by atoms with Crippen LogP contribution in [0.25, 0.3) is 0 Å². The number of aryl methyl sites for hydroxylation is 1. The van der Waals surface area contributed by atoms with Crippen molar-refractivity contribution in [2.75, 3.05) is 0 Å². The molecule has 2 nitrogen and oxygen atoms in total. The van der Waals surface area contributed by atoms with Crippen molar-refractivity contribution in [3.8, 4) is 5.75 Å². The highest BCUT2D eigenvalue weighted by Crippen LogP contribution is 2.25. The Kier molecular flexibility index (Phi) is 5.46. The number of halogens is 2. The Morgan fingerprint density at radius 2 is 1.95 bits per heavy atom. The first kappa shape index (κ1) is 15.4. The van der Waals surface area contributed by atoms with Gasteiger partial charge in [0.25, 0.3) is 0 Å². The monoisotopic (exact) mass is 353 g/mol. The van der Waals surface area contributed by atoms with E-state index in [1.807, 2.05) is 36.4 Å². The third-order valence-corrected chi connectivity index (χ3v) is 4.25. The Morgan fingerprint density at radius 3 is 2.60 bits per heavy atom. The molecule has 0 bridgehead atoms. The first-order valence-electron chi connectivity index (χ1n) is 6.52. The minimum Gasteiger partial charge on any atom is -0.489 e. The van der Waals surface area contributed by atoms with Gasteiger partial charge in [0.05, 0.1) is 0 Å². The lowest BCUT2D eigenvalue weighted by atomic mass is 10.1. The van der Waals surface area contributed by atoms with E-state index in [9.17, 15) is 0 Å². The molecule has 0 saturated carbocycles. The molecule has 0 aliphatic heterocycles. The van der Waals surface area contributed by atoms with Crippen molar-refractivity contribution in [3.05, 3.63) is 62.6 Å². The molecule has 2 N–H and O–H groups in total. The van der Waals surface area contributed by atoms with Crippen LogP contribution in [0.4, 0.5) is 0 Å². The second-order valence-corrected chi connectivity index (χ2v) is 5.79. The molecular weight excluding hydrogens is 338 g/mol. The number of hydrogen-bond acceptors (Lipinski definition) is 2. The van der Waals surface area contributed by atoms with Gasteiger partial charge in [-0.15, -0.1) is 0 Å². The molecule has 0 spiro atoms. The summed E-state index contributed by atoms with van der Waals surface area (Å²) in [6, 6.07) is 11.8. The quantitative estimate of drug-likeness (QED) is 0.844. The summed E-state index contributed by atoms with van der Waals surface area (Å²) in [6.07, 6.45) is 0.894. The van der Waals surface area contributed by atoms with Gasteiger partial charge in [-0.25, -0.2) is 0 Å². The minimum absolute atomic E-state index is 0.510. The summed E-state index contributed by atoms with van der Waals surface area (Å²) in [6.45, 7) is 3.13. The molecule has 20 heavy (non-hydrogen) atoms. The molecule has 4 heteroatoms. The van der Waals surface area contributed by atoms with Gasteiger partial charge in [0.1, 0.15) is 12.4 Å². The van der Waals surface area contributed by atoms with Gasteiger partial charge in [0.15, 0.2) is 0 Å². The Labute approximate surface area is 133 Å². The van der Waals surface area contributed by atoms with E-state index >= 15 is 0 Å². The summed E-state index contributed by atoms with van der Waals surface area (Å²) in [5.74, 6) is 0.834. The third-order valence-electron chi connectivity index (χ3n) is 3.15. The van der Waals surface area contributed by atoms with E-state index < -0.39 is 0 Å². The van der Waals surface area contributed by atoms with Crippen molar-refractivity contribution < 1.29 is 4.74 Å². The lowest BCUT2D eigenvalue weighted by Crippen LogP contribution is -2.00. The molecule has 0 aliphatic rings. The third kappa shape index (κ3) is 3.75. The summed E-state index contributed by atoms with van der Waals surface area (Å²) < 4.78 is 6.84. The smallest absolute Gasteiger partial charge is 0.120 e. The molecule has 0 aliphatic carbocycles. The molecule has 2 aromatic rings. The van der Waals surface area contributed by atoms with Crippen LogP contribution in [-0.4, -0.2) is 0 Å². The van der Waals surface area contributed by atoms with E-state index in [0.717, 1.165) is 38.4 Å². The number of ether oxygens (including phenoxy) is 1. The van der Waals surface area contributed by atoms with Crippen LogP contribution in [0, 0.1) is 0 Å². The molecule has 0 aromatic heterocycles. The maximum Gasteiger partial charge on any atom is 0.120 e. The van der Waals surface area contributed by atoms with E-state index in [1.165, 1.54) is 0 Å². The standard InChI is InChI=1S/C16H17BrClNO/c1-2-12-8-14(5-6-16(12)18)20-10-13-4-3-11(9-19)7-15(13)17/h3-8H,2,9-10,19H2,1H3. The fourth-order valence-corrected chi connectivity index (χ4v) is 2.70. The Bertz CT molecular complexity index is 601. The second-order valence-electron chi connectivity index (χ2n) is 4.53. The highest BCUT2D eigenvalue weighted by atomic mass is 79.9. The molecular formula is C16H17BrClNO. The molecule has 0 heterocycles. The predicted octanol–water partition coefficient (Wildman–Crippen LogP) is 4.70. The van der Waals surface area contributed by atoms with Gasteiger partial charge in [0, 0.05) is 21.6 Å². The van der Waals surface area contributed by atoms with Gasteiger partial charge < -0.3 is 10.5 Å². The second kappa shape index (κ2) is 7.11. The zero-order valence-electron chi connectivity index (χ0n) is 11.3. The number of hydrogen-bond donors (Lipinski definition) is 1. The van der Waals surface area contributed by atoms with Gasteiger partial charge in [0.2, 0.25) is 0 Å². The predicted molar refractivity (Wildman–Crippen MR) is 87.2 cm³/mol. The molecule has 0 amide bonds. The van der Waals surface area contributed by atoms with Crippen LogP contribution in [-0.2, 0) is 19.6 Å². The van der Waals surface area contributed by atoms with Crippen LogP contribution in [0.1, 0.15) is 23.6 Å². The fraction of sp³-hybridized carbons (Fsp3) is 0.250. The van der Waals surface area contributed by atoms with Crippen molar-refractivity contribution in [1.82, 2.24) is 0 Å². The van der Waals surface area contributed by atoms with Gasteiger partial charge >= 0.3 is 0 Å². The lowest BCUT2D eigenvalue weighted by molar-refractivity contribution is 0.305. The highest BCUT2D eigenvalue weighted by Gasteiger charge is 2.04. The van der Waals surface area contributed by atoms with Gasteiger partial charge in [-0.1, -0.05) is 46.6 Å². The zero-order chi connectivity index (χ0) is 14.5. The number of nitrogens with two attached hydrogens (primary N) is 1. The molecule has 0 radical (unpaired) electrons. The number of benzene rings is 2. The van der Waals surface area contributed by atoms with E-state index in [4.69, 9.17) is 22.1 Å². The average Bonchev–Trinajstić information content (AvgIpc) is 2.47. The molecule has 0 unspecified atom stereocenters. The van der Waals surface area contributed by atoms with Crippen molar-refractivity contribution >= 4 is 27.5 Å². The van der Waals surface area contributed by atoms with E-state index in [1.54, 1.807) is 0 Å². The summed E-state index contributed by atoms with van der Waals surface area (Å²) in [5.41, 5.74) is 8.90. The summed E-state index contributed by atoms with van der Waals surface area (Å²) >= 11 is 9.64. The van der Waals surface area contributed by atoms with Crippen molar-refractivity contribution in [1.29, 1.82) is 0 Å². The van der Waals surface area contributed by atoms with E-state index in [0.29, 0.717) is 13.2 Å². The van der Waals surface area contributed by atoms with Crippen LogP contribution in [0.15, 0.2) is 40.9 Å². The van der Waals surface area contributed by atoms with Gasteiger partial charge in [-0.2, -0.15) is 0 Å².